The zero-order chi connectivity index (χ0) is 10.4. The summed E-state index contributed by atoms with van der Waals surface area (Å²) in [5.41, 5.74) is 0.238. The molecule has 0 saturated heterocycles. The molecule has 0 unspecified atom stereocenters. The summed E-state index contributed by atoms with van der Waals surface area (Å²) in [5, 5.41) is 0.0503. The van der Waals surface area contributed by atoms with Crippen LogP contribution in [0.3, 0.4) is 0 Å². The molecule has 0 aromatic heterocycles. The van der Waals surface area contributed by atoms with Crippen LogP contribution in [0.5, 0.6) is 0 Å². The van der Waals surface area contributed by atoms with Crippen LogP contribution in [0.15, 0.2) is 25.4 Å². The van der Waals surface area contributed by atoms with E-state index in [9.17, 15) is 4.79 Å². The van der Waals surface area contributed by atoms with Gasteiger partial charge in [0.25, 0.3) is 0 Å². The Balaban J connectivity index is 5.22. The number of methoxy groups -OCH3 is 1. The predicted octanol–water partition coefficient (Wildman–Crippen LogP) is 2.65. The molecule has 0 aliphatic rings. The fourth-order valence-electron chi connectivity index (χ4n) is 0.606. The maximum Gasteiger partial charge on any atom is 0.342 e. The largest absolute Gasteiger partial charge is 0.465 e. The lowest BCUT2D eigenvalue weighted by molar-refractivity contribution is -0.135. The van der Waals surface area contributed by atoms with Gasteiger partial charge >= 0.3 is 5.97 Å². The molecular formula is C8H9ClINO2. The lowest BCUT2D eigenvalue weighted by Crippen LogP contribution is -2.06. The van der Waals surface area contributed by atoms with Crippen molar-refractivity contribution < 1.29 is 9.53 Å². The van der Waals surface area contributed by atoms with Crippen molar-refractivity contribution in [3.05, 3.63) is 20.4 Å². The van der Waals surface area contributed by atoms with E-state index in [1.165, 1.54) is 7.11 Å². The average molecular weight is 314 g/mol. The maximum atomic E-state index is 11.2. The minimum absolute atomic E-state index is 0.0503. The quantitative estimate of drug-likeness (QED) is 0.201. The van der Waals surface area contributed by atoms with E-state index < -0.39 is 5.97 Å². The van der Waals surface area contributed by atoms with E-state index in [1.807, 2.05) is 22.6 Å². The Kier molecular flexibility index (Phi) is 5.98. The normalized spacial score (nSPS) is 13.4. The fourth-order valence-corrected chi connectivity index (χ4v) is 1.42. The molecule has 72 valence electrons. The van der Waals surface area contributed by atoms with Crippen molar-refractivity contribution >= 4 is 46.9 Å². The van der Waals surface area contributed by atoms with Gasteiger partial charge in [-0.05, 0) is 36.2 Å². The lowest BCUT2D eigenvalue weighted by atomic mass is 10.2. The van der Waals surface area contributed by atoms with Gasteiger partial charge in [0.1, 0.15) is 10.7 Å². The third-order valence-electron chi connectivity index (χ3n) is 1.23. The zero-order valence-electron chi connectivity index (χ0n) is 7.30. The third kappa shape index (κ3) is 3.48. The van der Waals surface area contributed by atoms with Gasteiger partial charge in [-0.15, -0.1) is 0 Å². The molecule has 0 aromatic carbocycles. The first-order valence-electron chi connectivity index (χ1n) is 3.35. The molecule has 0 rings (SSSR count). The van der Waals surface area contributed by atoms with E-state index in [2.05, 4.69) is 16.4 Å². The summed E-state index contributed by atoms with van der Waals surface area (Å²) in [7, 11) is 1.29. The van der Waals surface area contributed by atoms with Gasteiger partial charge in [0.05, 0.1) is 7.11 Å². The van der Waals surface area contributed by atoms with Crippen LogP contribution in [0, 0.1) is 0 Å². The van der Waals surface area contributed by atoms with Gasteiger partial charge < -0.3 is 4.74 Å². The second-order valence-electron chi connectivity index (χ2n) is 1.95. The molecule has 0 saturated carbocycles. The summed E-state index contributed by atoms with van der Waals surface area (Å²) < 4.78 is 5.23. The molecule has 0 radical (unpaired) electrons. The van der Waals surface area contributed by atoms with Gasteiger partial charge in [-0.1, -0.05) is 17.7 Å². The summed E-state index contributed by atoms with van der Waals surface area (Å²) in [6, 6.07) is 0. The Labute approximate surface area is 95.7 Å². The van der Waals surface area contributed by atoms with E-state index in [0.29, 0.717) is 3.58 Å². The number of carbonyl (C=O) groups is 1. The van der Waals surface area contributed by atoms with E-state index in [1.54, 1.807) is 13.0 Å². The number of carbonyl (C=O) groups excluding carboxylic acids is 1. The van der Waals surface area contributed by atoms with Crippen LogP contribution < -0.4 is 0 Å². The van der Waals surface area contributed by atoms with E-state index in [0.717, 1.165) is 0 Å². The van der Waals surface area contributed by atoms with Crippen molar-refractivity contribution in [1.29, 1.82) is 0 Å². The van der Waals surface area contributed by atoms with Crippen molar-refractivity contribution in [2.75, 3.05) is 7.11 Å². The fraction of sp³-hybridized carbons (Fsp3) is 0.250. The molecular weight excluding hydrogens is 304 g/mol. The van der Waals surface area contributed by atoms with Gasteiger partial charge in [-0.25, -0.2) is 4.79 Å². The molecule has 0 spiro atoms. The van der Waals surface area contributed by atoms with Crippen molar-refractivity contribution in [2.45, 2.75) is 6.92 Å². The second-order valence-corrected chi connectivity index (χ2v) is 3.47. The highest BCUT2D eigenvalue weighted by Gasteiger charge is 2.16. The molecule has 0 atom stereocenters. The number of allylic oxidation sites excluding steroid dienone is 1. The van der Waals surface area contributed by atoms with Crippen LogP contribution in [0.1, 0.15) is 6.92 Å². The molecule has 0 aliphatic heterocycles. The number of halogens is 2. The Morgan fingerprint density at radius 2 is 2.23 bits per heavy atom. The van der Waals surface area contributed by atoms with Crippen molar-refractivity contribution in [1.82, 2.24) is 0 Å². The van der Waals surface area contributed by atoms with Crippen LogP contribution in [-0.4, -0.2) is 19.8 Å². The Hall–Kier alpha value is -0.360. The Morgan fingerprint density at radius 3 is 2.54 bits per heavy atom. The number of aliphatic imine (C=N–C) groups is 1. The van der Waals surface area contributed by atoms with Crippen molar-refractivity contribution in [2.24, 2.45) is 4.99 Å². The number of rotatable bonds is 3. The molecule has 0 bridgehead atoms. The second kappa shape index (κ2) is 6.15. The summed E-state index contributed by atoms with van der Waals surface area (Å²) in [6.45, 7) is 5.03. The maximum absolute atomic E-state index is 11.2. The average Bonchev–Trinajstić information content (AvgIpc) is 2.16. The molecule has 0 amide bonds. The van der Waals surface area contributed by atoms with Crippen molar-refractivity contribution in [3.8, 4) is 0 Å². The van der Waals surface area contributed by atoms with Gasteiger partial charge in [0, 0.05) is 3.58 Å². The number of hydrogen-bond donors (Lipinski definition) is 0. The summed E-state index contributed by atoms with van der Waals surface area (Å²) in [4.78, 5) is 14.7. The van der Waals surface area contributed by atoms with Crippen LogP contribution in [0.25, 0.3) is 0 Å². The van der Waals surface area contributed by atoms with E-state index in [-0.39, 0.29) is 10.7 Å². The number of hydrogen-bond acceptors (Lipinski definition) is 3. The summed E-state index contributed by atoms with van der Waals surface area (Å²) >= 11 is 7.66. The Bertz CT molecular complexity index is 284. The molecule has 5 heteroatoms. The van der Waals surface area contributed by atoms with E-state index in [4.69, 9.17) is 11.6 Å². The highest BCUT2D eigenvalue weighted by molar-refractivity contribution is 14.1. The van der Waals surface area contributed by atoms with Gasteiger partial charge in [-0.3, -0.25) is 4.99 Å². The first kappa shape index (κ1) is 12.6. The topological polar surface area (TPSA) is 38.7 Å². The van der Waals surface area contributed by atoms with Gasteiger partial charge in [0.2, 0.25) is 0 Å². The number of ether oxygens (including phenoxy) is 1. The zero-order valence-corrected chi connectivity index (χ0v) is 10.2. The third-order valence-corrected chi connectivity index (χ3v) is 2.70. The minimum Gasteiger partial charge on any atom is -0.465 e. The Morgan fingerprint density at radius 1 is 1.69 bits per heavy atom. The van der Waals surface area contributed by atoms with Gasteiger partial charge in [0.15, 0.2) is 0 Å². The predicted molar refractivity (Wildman–Crippen MR) is 62.2 cm³/mol. The summed E-state index contributed by atoms with van der Waals surface area (Å²) in [6.07, 6.45) is 1.74. The lowest BCUT2D eigenvalue weighted by Gasteiger charge is -2.04. The smallest absolute Gasteiger partial charge is 0.342 e. The van der Waals surface area contributed by atoms with Gasteiger partial charge in [-0.2, -0.15) is 0 Å². The van der Waals surface area contributed by atoms with Crippen molar-refractivity contribution in [3.63, 3.8) is 0 Å². The number of nitrogens with zero attached hydrogens (tertiary/aromatic N) is 1. The first-order valence-corrected chi connectivity index (χ1v) is 4.81. The number of esters is 1. The van der Waals surface area contributed by atoms with Crippen LogP contribution in [-0.2, 0) is 9.53 Å². The molecule has 0 heterocycles. The first-order chi connectivity index (χ1) is 6.08. The van der Waals surface area contributed by atoms with Crippen LogP contribution in [0.4, 0.5) is 0 Å². The van der Waals surface area contributed by atoms with E-state index >= 15 is 0 Å². The highest BCUT2D eigenvalue weighted by Crippen LogP contribution is 2.25. The molecule has 0 aliphatic carbocycles. The monoisotopic (exact) mass is 313 g/mol. The molecule has 0 fully saturated rings. The minimum atomic E-state index is -0.514. The summed E-state index contributed by atoms with van der Waals surface area (Å²) in [5.74, 6) is -0.514. The highest BCUT2D eigenvalue weighted by atomic mass is 127. The standard InChI is InChI=1S/C8H9ClINO2/c1-4-5(10)6(7(9)11-2)8(12)13-3/h4H,2H2,1,3H3/b5-4+,7-6+. The molecule has 3 nitrogen and oxygen atoms in total. The molecule has 13 heavy (non-hydrogen) atoms. The SMILES string of the molecule is C=N/C(Cl)=C(C(=O)OC)\C(I)=C/C. The van der Waals surface area contributed by atoms with Crippen LogP contribution >= 0.6 is 34.2 Å². The molecule has 0 aromatic rings. The van der Waals surface area contributed by atoms with Crippen LogP contribution in [0.2, 0.25) is 0 Å². The molecule has 0 N–H and O–H groups in total.